The highest BCUT2D eigenvalue weighted by atomic mass is 16.3. The normalized spacial score (nSPS) is 14.6. The molecule has 1 N–H and O–H groups in total. The van der Waals surface area contributed by atoms with Crippen LogP contribution in [0.5, 0.6) is 0 Å². The molecular formula is C8H16O. The zero-order valence-corrected chi connectivity index (χ0v) is 6.30. The van der Waals surface area contributed by atoms with Crippen molar-refractivity contribution in [3.8, 4) is 0 Å². The number of allylic oxidation sites excluding steroid dienone is 1. The van der Waals surface area contributed by atoms with Gasteiger partial charge in [0.2, 0.25) is 0 Å². The van der Waals surface area contributed by atoms with Crippen molar-refractivity contribution < 1.29 is 5.11 Å². The predicted molar refractivity (Wildman–Crippen MR) is 40.3 cm³/mol. The summed E-state index contributed by atoms with van der Waals surface area (Å²) in [5, 5.41) is 9.13. The molecule has 0 fully saturated rings. The van der Waals surface area contributed by atoms with Crippen LogP contribution in [0.25, 0.3) is 0 Å². The van der Waals surface area contributed by atoms with Crippen molar-refractivity contribution in [2.75, 3.05) is 0 Å². The van der Waals surface area contributed by atoms with Crippen LogP contribution in [0.2, 0.25) is 0 Å². The quantitative estimate of drug-likeness (QED) is 0.575. The fourth-order valence-electron chi connectivity index (χ4n) is 0.744. The second-order valence-corrected chi connectivity index (χ2v) is 2.25. The van der Waals surface area contributed by atoms with Gasteiger partial charge in [-0.05, 0) is 19.8 Å². The molecule has 0 aliphatic heterocycles. The van der Waals surface area contributed by atoms with E-state index in [1.165, 1.54) is 0 Å². The molecule has 0 aromatic heterocycles. The Hall–Kier alpha value is -0.300. The average Bonchev–Trinajstić information content (AvgIpc) is 1.85. The van der Waals surface area contributed by atoms with Gasteiger partial charge in [0.05, 0.1) is 6.10 Å². The molecule has 0 rings (SSSR count). The monoisotopic (exact) mass is 128 g/mol. The van der Waals surface area contributed by atoms with Crippen LogP contribution in [-0.4, -0.2) is 11.2 Å². The number of aliphatic hydroxyl groups is 1. The predicted octanol–water partition coefficient (Wildman–Crippen LogP) is 2.11. The molecular weight excluding hydrogens is 112 g/mol. The minimum atomic E-state index is -0.119. The molecule has 0 saturated carbocycles. The first-order chi connectivity index (χ1) is 4.31. The third-order valence-corrected chi connectivity index (χ3v) is 1.27. The van der Waals surface area contributed by atoms with E-state index >= 15 is 0 Å². The van der Waals surface area contributed by atoms with Gasteiger partial charge >= 0.3 is 0 Å². The van der Waals surface area contributed by atoms with Gasteiger partial charge in [-0.3, -0.25) is 0 Å². The molecule has 0 saturated heterocycles. The van der Waals surface area contributed by atoms with Crippen LogP contribution in [0.1, 0.15) is 33.1 Å². The standard InChI is InChI=1S/C8H16O/c1-3-5-7-8(9)6-4-2/h3,5,8-9H,4,6-7H2,1-2H3. The van der Waals surface area contributed by atoms with Gasteiger partial charge in [0, 0.05) is 0 Å². The lowest BCUT2D eigenvalue weighted by molar-refractivity contribution is 0.167. The fourth-order valence-corrected chi connectivity index (χ4v) is 0.744. The van der Waals surface area contributed by atoms with E-state index in [2.05, 4.69) is 6.92 Å². The van der Waals surface area contributed by atoms with E-state index in [4.69, 9.17) is 5.11 Å². The zero-order chi connectivity index (χ0) is 7.11. The van der Waals surface area contributed by atoms with Gasteiger partial charge in [-0.1, -0.05) is 25.5 Å². The first-order valence-electron chi connectivity index (χ1n) is 3.60. The van der Waals surface area contributed by atoms with Gasteiger partial charge in [0.15, 0.2) is 0 Å². The molecule has 0 aromatic rings. The SMILES string of the molecule is CC=CCC(O)CCC. The van der Waals surface area contributed by atoms with Gasteiger partial charge in [-0.25, -0.2) is 0 Å². The summed E-state index contributed by atoms with van der Waals surface area (Å²) in [6, 6.07) is 0. The first-order valence-corrected chi connectivity index (χ1v) is 3.60. The van der Waals surface area contributed by atoms with Gasteiger partial charge in [-0.15, -0.1) is 0 Å². The second-order valence-electron chi connectivity index (χ2n) is 2.25. The van der Waals surface area contributed by atoms with Gasteiger partial charge < -0.3 is 5.11 Å². The summed E-state index contributed by atoms with van der Waals surface area (Å²) in [5.74, 6) is 0. The summed E-state index contributed by atoms with van der Waals surface area (Å²) in [6.45, 7) is 4.05. The lowest BCUT2D eigenvalue weighted by Gasteiger charge is -2.03. The minimum absolute atomic E-state index is 0.119. The molecule has 0 radical (unpaired) electrons. The van der Waals surface area contributed by atoms with E-state index in [-0.39, 0.29) is 6.10 Å². The molecule has 0 aliphatic carbocycles. The molecule has 9 heavy (non-hydrogen) atoms. The highest BCUT2D eigenvalue weighted by Crippen LogP contribution is 2.00. The number of hydrogen-bond donors (Lipinski definition) is 1. The summed E-state index contributed by atoms with van der Waals surface area (Å²) in [6.07, 6.45) is 6.65. The molecule has 0 amide bonds. The third-order valence-electron chi connectivity index (χ3n) is 1.27. The maximum atomic E-state index is 9.13. The third kappa shape index (κ3) is 5.57. The van der Waals surface area contributed by atoms with E-state index in [1.807, 2.05) is 19.1 Å². The molecule has 0 bridgehead atoms. The zero-order valence-electron chi connectivity index (χ0n) is 6.30. The minimum Gasteiger partial charge on any atom is -0.393 e. The Bertz CT molecular complexity index is 76.6. The van der Waals surface area contributed by atoms with E-state index in [0.29, 0.717) is 0 Å². The summed E-state index contributed by atoms with van der Waals surface area (Å²) in [7, 11) is 0. The molecule has 54 valence electrons. The van der Waals surface area contributed by atoms with Crippen molar-refractivity contribution in [1.29, 1.82) is 0 Å². The maximum Gasteiger partial charge on any atom is 0.0574 e. The lowest BCUT2D eigenvalue weighted by Crippen LogP contribution is -2.02. The van der Waals surface area contributed by atoms with Crippen molar-refractivity contribution >= 4 is 0 Å². The van der Waals surface area contributed by atoms with Gasteiger partial charge in [-0.2, -0.15) is 0 Å². The Morgan fingerprint density at radius 2 is 2.22 bits per heavy atom. The van der Waals surface area contributed by atoms with Crippen molar-refractivity contribution in [3.05, 3.63) is 12.2 Å². The largest absolute Gasteiger partial charge is 0.393 e. The van der Waals surface area contributed by atoms with Gasteiger partial charge in [0.1, 0.15) is 0 Å². The Morgan fingerprint density at radius 1 is 1.56 bits per heavy atom. The van der Waals surface area contributed by atoms with Crippen LogP contribution < -0.4 is 0 Å². The van der Waals surface area contributed by atoms with Crippen LogP contribution in [0.3, 0.4) is 0 Å². The average molecular weight is 128 g/mol. The van der Waals surface area contributed by atoms with Crippen molar-refractivity contribution in [2.24, 2.45) is 0 Å². The molecule has 1 nitrogen and oxygen atoms in total. The second kappa shape index (κ2) is 5.83. The van der Waals surface area contributed by atoms with E-state index < -0.39 is 0 Å². The van der Waals surface area contributed by atoms with E-state index in [0.717, 1.165) is 19.3 Å². The molecule has 0 aliphatic rings. The molecule has 1 heteroatoms. The topological polar surface area (TPSA) is 20.2 Å². The van der Waals surface area contributed by atoms with E-state index in [1.54, 1.807) is 0 Å². The molecule has 1 unspecified atom stereocenters. The van der Waals surface area contributed by atoms with Crippen molar-refractivity contribution in [2.45, 2.75) is 39.2 Å². The number of rotatable bonds is 4. The summed E-state index contributed by atoms with van der Waals surface area (Å²) < 4.78 is 0. The van der Waals surface area contributed by atoms with Crippen molar-refractivity contribution in [3.63, 3.8) is 0 Å². The Morgan fingerprint density at radius 3 is 2.67 bits per heavy atom. The number of hydrogen-bond acceptors (Lipinski definition) is 1. The van der Waals surface area contributed by atoms with Crippen LogP contribution in [0, 0.1) is 0 Å². The molecule has 1 atom stereocenters. The van der Waals surface area contributed by atoms with Crippen LogP contribution in [-0.2, 0) is 0 Å². The molecule has 0 heterocycles. The van der Waals surface area contributed by atoms with Crippen LogP contribution in [0.4, 0.5) is 0 Å². The van der Waals surface area contributed by atoms with Gasteiger partial charge in [0.25, 0.3) is 0 Å². The van der Waals surface area contributed by atoms with Crippen LogP contribution >= 0.6 is 0 Å². The smallest absolute Gasteiger partial charge is 0.0574 e. The molecule has 0 aromatic carbocycles. The highest BCUT2D eigenvalue weighted by molar-refractivity contribution is 4.79. The van der Waals surface area contributed by atoms with Crippen LogP contribution in [0.15, 0.2) is 12.2 Å². The molecule has 0 spiro atoms. The van der Waals surface area contributed by atoms with E-state index in [9.17, 15) is 0 Å². The first kappa shape index (κ1) is 8.70. The van der Waals surface area contributed by atoms with Crippen molar-refractivity contribution in [1.82, 2.24) is 0 Å². The Kier molecular flexibility index (Phi) is 5.64. The summed E-state index contributed by atoms with van der Waals surface area (Å²) >= 11 is 0. The summed E-state index contributed by atoms with van der Waals surface area (Å²) in [5.41, 5.74) is 0. The lowest BCUT2D eigenvalue weighted by atomic mass is 10.1. The Labute approximate surface area is 57.4 Å². The number of aliphatic hydroxyl groups excluding tert-OH is 1. The Balaban J connectivity index is 3.15. The maximum absolute atomic E-state index is 9.13. The fraction of sp³-hybridized carbons (Fsp3) is 0.750. The highest BCUT2D eigenvalue weighted by Gasteiger charge is 1.96. The summed E-state index contributed by atoms with van der Waals surface area (Å²) in [4.78, 5) is 0.